The van der Waals surface area contributed by atoms with Crippen LogP contribution in [0.4, 0.5) is 0 Å². The van der Waals surface area contributed by atoms with Gasteiger partial charge in [-0.2, -0.15) is 0 Å². The summed E-state index contributed by atoms with van der Waals surface area (Å²) in [5.74, 6) is -0.119. The summed E-state index contributed by atoms with van der Waals surface area (Å²) >= 11 is 0. The number of rotatable bonds is 5. The Morgan fingerprint density at radius 3 is 2.05 bits per heavy atom. The van der Waals surface area contributed by atoms with Gasteiger partial charge in [-0.1, -0.05) is 12.1 Å². The molecule has 0 bridgehead atoms. The van der Waals surface area contributed by atoms with Gasteiger partial charge in [-0.25, -0.2) is 0 Å². The lowest BCUT2D eigenvalue weighted by Crippen LogP contribution is -2.50. The lowest BCUT2D eigenvalue weighted by molar-refractivity contribution is -0.136. The van der Waals surface area contributed by atoms with Crippen LogP contribution in [0.3, 0.4) is 0 Å². The van der Waals surface area contributed by atoms with E-state index in [-0.39, 0.29) is 11.8 Å². The van der Waals surface area contributed by atoms with E-state index in [1.54, 1.807) is 45.0 Å². The first kappa shape index (κ1) is 17.2. The average Bonchev–Trinajstić information content (AvgIpc) is 2.42. The molecule has 0 atom stereocenters. The van der Waals surface area contributed by atoms with Crippen molar-refractivity contribution in [1.29, 1.82) is 0 Å². The molecule has 5 nitrogen and oxygen atoms in total. The van der Waals surface area contributed by atoms with E-state index in [9.17, 15) is 9.59 Å². The fourth-order valence-electron chi connectivity index (χ4n) is 1.97. The smallest absolute Gasteiger partial charge is 0.253 e. The molecule has 0 unspecified atom stereocenters. The molecule has 0 aliphatic heterocycles. The van der Waals surface area contributed by atoms with Crippen molar-refractivity contribution in [2.75, 3.05) is 20.6 Å². The third-order valence-corrected chi connectivity index (χ3v) is 3.20. The molecule has 0 aliphatic carbocycles. The topological polar surface area (TPSA) is 66.6 Å². The zero-order valence-electron chi connectivity index (χ0n) is 13.5. The molecule has 0 saturated carbocycles. The van der Waals surface area contributed by atoms with Crippen LogP contribution in [0, 0.1) is 0 Å². The second-order valence-corrected chi connectivity index (χ2v) is 5.94. The number of carbonyl (C=O) groups is 2. The number of hydrogen-bond donors (Lipinski definition) is 1. The molecule has 21 heavy (non-hydrogen) atoms. The van der Waals surface area contributed by atoms with Crippen molar-refractivity contribution in [3.8, 4) is 0 Å². The second kappa shape index (κ2) is 6.72. The minimum atomic E-state index is -0.878. The molecule has 0 saturated heterocycles. The molecule has 0 heterocycles. The monoisotopic (exact) mass is 291 g/mol. The molecular weight excluding hydrogens is 266 g/mol. The fourth-order valence-corrected chi connectivity index (χ4v) is 1.97. The highest BCUT2D eigenvalue weighted by atomic mass is 16.2. The number of nitrogens with zero attached hydrogens (tertiary/aromatic N) is 2. The van der Waals surface area contributed by atoms with E-state index in [1.807, 2.05) is 19.1 Å². The normalized spacial score (nSPS) is 11.1. The molecule has 1 aromatic rings. The van der Waals surface area contributed by atoms with Crippen LogP contribution >= 0.6 is 0 Å². The first-order valence-electron chi connectivity index (χ1n) is 7.05. The van der Waals surface area contributed by atoms with Gasteiger partial charge in [0.15, 0.2) is 0 Å². The quantitative estimate of drug-likeness (QED) is 0.893. The van der Waals surface area contributed by atoms with Crippen molar-refractivity contribution in [1.82, 2.24) is 9.80 Å². The molecule has 1 aromatic carbocycles. The lowest BCUT2D eigenvalue weighted by Gasteiger charge is -2.28. The Morgan fingerprint density at radius 2 is 1.67 bits per heavy atom. The van der Waals surface area contributed by atoms with E-state index in [4.69, 9.17) is 5.73 Å². The molecule has 0 radical (unpaired) electrons. The van der Waals surface area contributed by atoms with Crippen molar-refractivity contribution in [2.24, 2.45) is 5.73 Å². The predicted molar refractivity (Wildman–Crippen MR) is 83.8 cm³/mol. The Labute approximate surface area is 126 Å². The van der Waals surface area contributed by atoms with Crippen molar-refractivity contribution in [3.05, 3.63) is 35.4 Å². The standard InChI is InChI=1S/C16H25N3O2/c1-6-19(15(21)16(2,3)17)11-12-7-9-13(10-8-12)14(20)18(4)5/h7-10H,6,11,17H2,1-5H3. The SMILES string of the molecule is CCN(Cc1ccc(C(=O)N(C)C)cc1)C(=O)C(C)(C)N. The maximum Gasteiger partial charge on any atom is 0.253 e. The molecule has 5 heteroatoms. The largest absolute Gasteiger partial charge is 0.345 e. The summed E-state index contributed by atoms with van der Waals surface area (Å²) in [7, 11) is 3.44. The molecule has 1 rings (SSSR count). The van der Waals surface area contributed by atoms with Crippen LogP contribution in [-0.4, -0.2) is 47.8 Å². The van der Waals surface area contributed by atoms with Gasteiger partial charge in [0.2, 0.25) is 5.91 Å². The van der Waals surface area contributed by atoms with Gasteiger partial charge < -0.3 is 15.5 Å². The van der Waals surface area contributed by atoms with Crippen LogP contribution in [0.15, 0.2) is 24.3 Å². The summed E-state index contributed by atoms with van der Waals surface area (Å²) in [5.41, 5.74) is 6.60. The van der Waals surface area contributed by atoms with Crippen LogP contribution in [0.5, 0.6) is 0 Å². The molecule has 116 valence electrons. The highest BCUT2D eigenvalue weighted by Gasteiger charge is 2.26. The summed E-state index contributed by atoms with van der Waals surface area (Å²) in [4.78, 5) is 27.3. The summed E-state index contributed by atoms with van der Waals surface area (Å²) < 4.78 is 0. The van der Waals surface area contributed by atoms with E-state index < -0.39 is 5.54 Å². The van der Waals surface area contributed by atoms with Crippen LogP contribution < -0.4 is 5.73 Å². The van der Waals surface area contributed by atoms with Crippen LogP contribution in [-0.2, 0) is 11.3 Å². The van der Waals surface area contributed by atoms with Crippen molar-refractivity contribution >= 4 is 11.8 Å². The zero-order chi connectivity index (χ0) is 16.2. The van der Waals surface area contributed by atoms with Gasteiger partial charge in [-0.15, -0.1) is 0 Å². The Bertz CT molecular complexity index is 501. The minimum absolute atomic E-state index is 0.0342. The van der Waals surface area contributed by atoms with Gasteiger partial charge in [-0.3, -0.25) is 9.59 Å². The lowest BCUT2D eigenvalue weighted by atomic mass is 10.0. The van der Waals surface area contributed by atoms with E-state index in [1.165, 1.54) is 4.90 Å². The maximum atomic E-state index is 12.2. The highest BCUT2D eigenvalue weighted by molar-refractivity contribution is 5.93. The highest BCUT2D eigenvalue weighted by Crippen LogP contribution is 2.12. The zero-order valence-corrected chi connectivity index (χ0v) is 13.5. The Morgan fingerprint density at radius 1 is 1.14 bits per heavy atom. The third-order valence-electron chi connectivity index (χ3n) is 3.20. The summed E-state index contributed by atoms with van der Waals surface area (Å²) in [5, 5.41) is 0. The molecule has 0 spiro atoms. The molecular formula is C16H25N3O2. The van der Waals surface area contributed by atoms with Gasteiger partial charge in [0, 0.05) is 32.7 Å². The predicted octanol–water partition coefficient (Wildman–Crippen LogP) is 1.47. The van der Waals surface area contributed by atoms with Crippen molar-refractivity contribution in [2.45, 2.75) is 32.9 Å². The van der Waals surface area contributed by atoms with E-state index >= 15 is 0 Å². The van der Waals surface area contributed by atoms with Gasteiger partial charge in [0.25, 0.3) is 5.91 Å². The van der Waals surface area contributed by atoms with E-state index in [0.717, 1.165) is 5.56 Å². The minimum Gasteiger partial charge on any atom is -0.345 e. The number of carbonyl (C=O) groups excluding carboxylic acids is 2. The molecule has 0 aliphatic rings. The fraction of sp³-hybridized carbons (Fsp3) is 0.500. The second-order valence-electron chi connectivity index (χ2n) is 5.94. The maximum absolute atomic E-state index is 12.2. The molecule has 2 amide bonds. The number of nitrogens with two attached hydrogens (primary N) is 1. The van der Waals surface area contributed by atoms with E-state index in [0.29, 0.717) is 18.7 Å². The van der Waals surface area contributed by atoms with Crippen molar-refractivity contribution < 1.29 is 9.59 Å². The number of amides is 2. The van der Waals surface area contributed by atoms with Gasteiger partial charge in [0.1, 0.15) is 0 Å². The van der Waals surface area contributed by atoms with Crippen molar-refractivity contribution in [3.63, 3.8) is 0 Å². The van der Waals surface area contributed by atoms with Crippen LogP contribution in [0.1, 0.15) is 36.7 Å². The van der Waals surface area contributed by atoms with Gasteiger partial charge in [0.05, 0.1) is 5.54 Å². The Kier molecular flexibility index (Phi) is 5.49. The molecule has 0 fully saturated rings. The first-order chi connectivity index (χ1) is 9.66. The molecule has 2 N–H and O–H groups in total. The summed E-state index contributed by atoms with van der Waals surface area (Å²) in [6, 6.07) is 7.31. The van der Waals surface area contributed by atoms with E-state index in [2.05, 4.69) is 0 Å². The number of hydrogen-bond acceptors (Lipinski definition) is 3. The Hall–Kier alpha value is -1.88. The third kappa shape index (κ3) is 4.56. The number of benzene rings is 1. The summed E-state index contributed by atoms with van der Waals surface area (Å²) in [6.07, 6.45) is 0. The Balaban J connectivity index is 2.83. The van der Waals surface area contributed by atoms with Gasteiger partial charge >= 0.3 is 0 Å². The average molecular weight is 291 g/mol. The number of likely N-dealkylation sites (N-methyl/N-ethyl adjacent to an activating group) is 1. The van der Waals surface area contributed by atoms with Gasteiger partial charge in [-0.05, 0) is 38.5 Å². The first-order valence-corrected chi connectivity index (χ1v) is 7.05. The van der Waals surface area contributed by atoms with Crippen LogP contribution in [0.2, 0.25) is 0 Å². The van der Waals surface area contributed by atoms with Crippen LogP contribution in [0.25, 0.3) is 0 Å². The summed E-state index contributed by atoms with van der Waals surface area (Å²) in [6.45, 7) is 6.42. The molecule has 0 aromatic heterocycles.